The molecule has 31 heavy (non-hydrogen) atoms. The number of rotatable bonds is 5. The summed E-state index contributed by atoms with van der Waals surface area (Å²) < 4.78 is 5.11. The Balaban J connectivity index is 1.46. The molecule has 0 spiro atoms. The van der Waals surface area contributed by atoms with Gasteiger partial charge in [0.05, 0.1) is 23.2 Å². The number of imide groups is 2. The van der Waals surface area contributed by atoms with Crippen LogP contribution in [-0.2, 0) is 14.3 Å². The van der Waals surface area contributed by atoms with E-state index < -0.39 is 35.6 Å². The van der Waals surface area contributed by atoms with Crippen LogP contribution in [0.15, 0.2) is 42.7 Å². The Kier molecular flexibility index (Phi) is 5.20. The van der Waals surface area contributed by atoms with Gasteiger partial charge in [-0.2, -0.15) is 0 Å². The third kappa shape index (κ3) is 3.52. The molecule has 1 fully saturated rings. The zero-order valence-corrected chi connectivity index (χ0v) is 16.3. The van der Waals surface area contributed by atoms with Crippen LogP contribution in [0.5, 0.6) is 0 Å². The number of carbonyl (C=O) groups excluding carboxylic acids is 5. The number of nitrogens with zero attached hydrogens (tertiary/aromatic N) is 3. The first-order chi connectivity index (χ1) is 14.9. The number of aromatic nitrogens is 1. The smallest absolute Gasteiger partial charge is 0.339 e. The number of nitrogen functional groups attached to an aromatic ring is 1. The molecule has 0 radical (unpaired) electrons. The maximum atomic E-state index is 13.0. The standard InChI is InChI=1S/C21H18N4O6/c22-14-5-1-4-13-17(14)20(29)25(18(13)27)15-6-7-16(26)24(19(15)28)9-10-31-21(30)12-3-2-8-23-11-12/h1-5,8,11,15H,6-7,9-10,22H2. The molecule has 2 aliphatic heterocycles. The number of esters is 1. The zero-order valence-electron chi connectivity index (χ0n) is 16.3. The van der Waals surface area contributed by atoms with Gasteiger partial charge in [-0.15, -0.1) is 0 Å². The molecule has 2 N–H and O–H groups in total. The highest BCUT2D eigenvalue weighted by Gasteiger charge is 2.47. The summed E-state index contributed by atoms with van der Waals surface area (Å²) in [5.74, 6) is -3.08. The number of piperidine rings is 1. The van der Waals surface area contributed by atoms with Crippen LogP contribution in [0, 0.1) is 0 Å². The van der Waals surface area contributed by atoms with Crippen molar-refractivity contribution in [3.05, 3.63) is 59.4 Å². The number of benzene rings is 1. The predicted molar refractivity (Wildman–Crippen MR) is 106 cm³/mol. The van der Waals surface area contributed by atoms with Crippen LogP contribution >= 0.6 is 0 Å². The van der Waals surface area contributed by atoms with E-state index in [1.807, 2.05) is 0 Å². The van der Waals surface area contributed by atoms with E-state index in [2.05, 4.69) is 4.98 Å². The Morgan fingerprint density at radius 3 is 2.65 bits per heavy atom. The minimum absolute atomic E-state index is 0.0228. The third-order valence-corrected chi connectivity index (χ3v) is 5.22. The monoisotopic (exact) mass is 422 g/mol. The average Bonchev–Trinajstić information content (AvgIpc) is 3.02. The molecule has 1 saturated heterocycles. The first-order valence-corrected chi connectivity index (χ1v) is 9.58. The summed E-state index contributed by atoms with van der Waals surface area (Å²) in [6.07, 6.45) is 2.84. The van der Waals surface area contributed by atoms with Crippen molar-refractivity contribution in [2.24, 2.45) is 0 Å². The predicted octanol–water partition coefficient (Wildman–Crippen LogP) is 0.634. The number of amides is 4. The lowest BCUT2D eigenvalue weighted by molar-refractivity contribution is -0.152. The van der Waals surface area contributed by atoms with E-state index in [0.717, 1.165) is 9.80 Å². The van der Waals surface area contributed by atoms with Crippen LogP contribution in [0.25, 0.3) is 0 Å². The fraction of sp³-hybridized carbons (Fsp3) is 0.238. The lowest BCUT2D eigenvalue weighted by Gasteiger charge is -2.34. The van der Waals surface area contributed by atoms with E-state index in [1.165, 1.54) is 30.6 Å². The second-order valence-corrected chi connectivity index (χ2v) is 7.07. The van der Waals surface area contributed by atoms with Gasteiger partial charge in [0, 0.05) is 24.5 Å². The molecule has 1 aromatic heterocycles. The van der Waals surface area contributed by atoms with Crippen LogP contribution in [-0.4, -0.2) is 63.6 Å². The van der Waals surface area contributed by atoms with Crippen molar-refractivity contribution in [1.29, 1.82) is 0 Å². The number of carbonyl (C=O) groups is 5. The topological polar surface area (TPSA) is 140 Å². The van der Waals surface area contributed by atoms with Gasteiger partial charge in [-0.05, 0) is 30.7 Å². The molecule has 1 aromatic carbocycles. The van der Waals surface area contributed by atoms with E-state index in [0.29, 0.717) is 0 Å². The van der Waals surface area contributed by atoms with Crippen molar-refractivity contribution in [2.75, 3.05) is 18.9 Å². The van der Waals surface area contributed by atoms with Gasteiger partial charge >= 0.3 is 5.97 Å². The molecule has 4 amide bonds. The summed E-state index contributed by atoms with van der Waals surface area (Å²) >= 11 is 0. The molecule has 0 aliphatic carbocycles. The second-order valence-electron chi connectivity index (χ2n) is 7.07. The number of fused-ring (bicyclic) bond motifs is 1. The quantitative estimate of drug-likeness (QED) is 0.420. The third-order valence-electron chi connectivity index (χ3n) is 5.22. The number of nitrogens with two attached hydrogens (primary N) is 1. The molecule has 1 unspecified atom stereocenters. The van der Waals surface area contributed by atoms with Gasteiger partial charge in [0.1, 0.15) is 12.6 Å². The first-order valence-electron chi connectivity index (χ1n) is 9.58. The van der Waals surface area contributed by atoms with Gasteiger partial charge in [-0.1, -0.05) is 6.07 Å². The molecule has 0 saturated carbocycles. The Hall–Kier alpha value is -4.08. The van der Waals surface area contributed by atoms with Crippen molar-refractivity contribution in [1.82, 2.24) is 14.8 Å². The van der Waals surface area contributed by atoms with Crippen LogP contribution < -0.4 is 5.73 Å². The molecule has 4 rings (SSSR count). The molecular weight excluding hydrogens is 404 g/mol. The molecule has 10 heteroatoms. The van der Waals surface area contributed by atoms with Crippen molar-refractivity contribution in [3.63, 3.8) is 0 Å². The summed E-state index contributed by atoms with van der Waals surface area (Å²) in [6.45, 7) is -0.418. The van der Waals surface area contributed by atoms with Crippen LogP contribution in [0.3, 0.4) is 0 Å². The Morgan fingerprint density at radius 2 is 1.94 bits per heavy atom. The van der Waals surface area contributed by atoms with Crippen LogP contribution in [0.4, 0.5) is 5.69 Å². The number of pyridine rings is 1. The van der Waals surface area contributed by atoms with E-state index in [-0.39, 0.29) is 48.4 Å². The minimum atomic E-state index is -1.13. The molecule has 0 bridgehead atoms. The molecule has 158 valence electrons. The van der Waals surface area contributed by atoms with E-state index in [4.69, 9.17) is 10.5 Å². The highest BCUT2D eigenvalue weighted by Crippen LogP contribution is 2.32. The van der Waals surface area contributed by atoms with Crippen molar-refractivity contribution in [2.45, 2.75) is 18.9 Å². The molecule has 3 heterocycles. The first kappa shape index (κ1) is 20.2. The average molecular weight is 422 g/mol. The van der Waals surface area contributed by atoms with Gasteiger partial charge < -0.3 is 10.5 Å². The summed E-state index contributed by atoms with van der Waals surface area (Å²) in [6, 6.07) is 6.50. The summed E-state index contributed by atoms with van der Waals surface area (Å²) in [5, 5.41) is 0. The van der Waals surface area contributed by atoms with Crippen LogP contribution in [0.1, 0.15) is 43.9 Å². The van der Waals surface area contributed by atoms with Gasteiger partial charge in [-0.3, -0.25) is 34.0 Å². The highest BCUT2D eigenvalue weighted by atomic mass is 16.5. The SMILES string of the molecule is Nc1cccc2c1C(=O)N(C1CCC(=O)N(CCOC(=O)c3cccnc3)C1=O)C2=O. The van der Waals surface area contributed by atoms with E-state index >= 15 is 0 Å². The number of anilines is 1. The van der Waals surface area contributed by atoms with Crippen molar-refractivity contribution >= 4 is 35.3 Å². The second kappa shape index (κ2) is 7.98. The Bertz CT molecular complexity index is 1100. The van der Waals surface area contributed by atoms with Crippen molar-refractivity contribution in [3.8, 4) is 0 Å². The highest BCUT2D eigenvalue weighted by molar-refractivity contribution is 6.25. The lowest BCUT2D eigenvalue weighted by Crippen LogP contribution is -2.56. The minimum Gasteiger partial charge on any atom is -0.460 e. The number of hydrogen-bond donors (Lipinski definition) is 1. The Morgan fingerprint density at radius 1 is 1.13 bits per heavy atom. The molecule has 2 aromatic rings. The number of ether oxygens (including phenoxy) is 1. The maximum Gasteiger partial charge on any atom is 0.339 e. The lowest BCUT2D eigenvalue weighted by atomic mass is 10.0. The molecule has 10 nitrogen and oxygen atoms in total. The van der Waals surface area contributed by atoms with E-state index in [9.17, 15) is 24.0 Å². The van der Waals surface area contributed by atoms with Gasteiger partial charge in [-0.25, -0.2) is 4.79 Å². The normalized spacial score (nSPS) is 18.4. The summed E-state index contributed by atoms with van der Waals surface area (Å²) in [5.41, 5.74) is 6.42. The molecular formula is C21H18N4O6. The van der Waals surface area contributed by atoms with Gasteiger partial charge in [0.15, 0.2) is 0 Å². The summed E-state index contributed by atoms with van der Waals surface area (Å²) in [4.78, 5) is 68.5. The number of hydrogen-bond acceptors (Lipinski definition) is 8. The van der Waals surface area contributed by atoms with Crippen LogP contribution in [0.2, 0.25) is 0 Å². The largest absolute Gasteiger partial charge is 0.460 e. The zero-order chi connectivity index (χ0) is 22.1. The fourth-order valence-electron chi connectivity index (χ4n) is 3.70. The summed E-state index contributed by atoms with van der Waals surface area (Å²) in [7, 11) is 0. The maximum absolute atomic E-state index is 13.0. The molecule has 2 aliphatic rings. The number of likely N-dealkylation sites (tertiary alicyclic amines) is 1. The van der Waals surface area contributed by atoms with Crippen molar-refractivity contribution < 1.29 is 28.7 Å². The molecule has 1 atom stereocenters. The van der Waals surface area contributed by atoms with Gasteiger partial charge in [0.25, 0.3) is 17.7 Å². The van der Waals surface area contributed by atoms with Gasteiger partial charge in [0.2, 0.25) is 5.91 Å². The Labute approximate surface area is 176 Å². The van der Waals surface area contributed by atoms with E-state index in [1.54, 1.807) is 12.1 Å². The fourth-order valence-corrected chi connectivity index (χ4v) is 3.70.